The first-order chi connectivity index (χ1) is 12.3. The van der Waals surface area contributed by atoms with Crippen LogP contribution < -0.4 is 10.6 Å². The molecule has 1 aromatic heterocycles. The zero-order valence-electron chi connectivity index (χ0n) is 15.1. The van der Waals surface area contributed by atoms with Crippen LogP contribution in [0.25, 0.3) is 10.6 Å². The van der Waals surface area contributed by atoms with Gasteiger partial charge in [0.15, 0.2) is 0 Å². The third-order valence-corrected chi connectivity index (χ3v) is 5.40. The summed E-state index contributed by atoms with van der Waals surface area (Å²) in [6, 6.07) is 5.22. The molecule has 1 aromatic carbocycles. The number of benzene rings is 1. The van der Waals surface area contributed by atoms with Gasteiger partial charge in [-0.1, -0.05) is 19.1 Å². The number of carbonyl (C=O) groups excluding carboxylic acids is 1. The number of hydrogen-bond donors (Lipinski definition) is 2. The first-order valence-electron chi connectivity index (χ1n) is 8.45. The van der Waals surface area contributed by atoms with E-state index in [1.54, 1.807) is 11.4 Å². The van der Waals surface area contributed by atoms with Gasteiger partial charge in [-0.3, -0.25) is 4.79 Å². The highest BCUT2D eigenvalue weighted by Crippen LogP contribution is 2.33. The highest BCUT2D eigenvalue weighted by atomic mass is 35.5. The molecule has 0 bridgehead atoms. The first kappa shape index (κ1) is 24.7. The molecule has 3 rings (SSSR count). The van der Waals surface area contributed by atoms with Crippen molar-refractivity contribution in [3.63, 3.8) is 0 Å². The molecule has 2 N–H and O–H groups in total. The number of rotatable bonds is 4. The lowest BCUT2D eigenvalue weighted by Crippen LogP contribution is -2.48. The fourth-order valence-electron chi connectivity index (χ4n) is 3.00. The second-order valence-electron chi connectivity index (χ2n) is 6.54. The summed E-state index contributed by atoms with van der Waals surface area (Å²) in [5.41, 5.74) is 0.273. The molecule has 2 heterocycles. The third-order valence-electron chi connectivity index (χ3n) is 4.46. The molecule has 1 aliphatic heterocycles. The quantitative estimate of drug-likeness (QED) is 0.721. The Labute approximate surface area is 178 Å². The van der Waals surface area contributed by atoms with E-state index in [-0.39, 0.29) is 43.2 Å². The summed E-state index contributed by atoms with van der Waals surface area (Å²) in [5.74, 6) is 0.258. The van der Waals surface area contributed by atoms with Crippen molar-refractivity contribution in [3.05, 3.63) is 40.9 Å². The molecule has 0 aliphatic carbocycles. The Bertz CT molecular complexity index is 785. The molecule has 2 aromatic rings. The summed E-state index contributed by atoms with van der Waals surface area (Å²) < 4.78 is 38.5. The molecule has 1 fully saturated rings. The van der Waals surface area contributed by atoms with Gasteiger partial charge >= 0.3 is 6.18 Å². The molecule has 1 aliphatic rings. The number of carbonyl (C=O) groups is 1. The lowest BCUT2D eigenvalue weighted by atomic mass is 9.95. The highest BCUT2D eigenvalue weighted by Gasteiger charge is 2.30. The monoisotopic (exact) mass is 455 g/mol. The zero-order chi connectivity index (χ0) is 18.7. The van der Waals surface area contributed by atoms with Gasteiger partial charge in [-0.15, -0.1) is 36.2 Å². The van der Waals surface area contributed by atoms with E-state index < -0.39 is 11.7 Å². The smallest absolute Gasteiger partial charge is 0.353 e. The maximum absolute atomic E-state index is 12.8. The van der Waals surface area contributed by atoms with Crippen LogP contribution in [0, 0.1) is 5.92 Å². The number of aromatic nitrogens is 1. The minimum atomic E-state index is -4.39. The van der Waals surface area contributed by atoms with Crippen LogP contribution in [0.2, 0.25) is 0 Å². The Kier molecular flexibility index (Phi) is 9.20. The molecule has 1 saturated heterocycles. The Morgan fingerprint density at radius 1 is 1.36 bits per heavy atom. The van der Waals surface area contributed by atoms with Gasteiger partial charge in [-0.25, -0.2) is 4.98 Å². The van der Waals surface area contributed by atoms with E-state index >= 15 is 0 Å². The van der Waals surface area contributed by atoms with Gasteiger partial charge in [-0.05, 0) is 37.6 Å². The third kappa shape index (κ3) is 6.34. The van der Waals surface area contributed by atoms with Crippen LogP contribution in [0.5, 0.6) is 0 Å². The molecule has 1 amide bonds. The number of amides is 1. The zero-order valence-corrected chi connectivity index (χ0v) is 17.5. The normalized spacial score (nSPS) is 19.3. The van der Waals surface area contributed by atoms with Crippen molar-refractivity contribution in [1.82, 2.24) is 15.6 Å². The molecule has 4 nitrogen and oxygen atoms in total. The van der Waals surface area contributed by atoms with Crippen LogP contribution in [-0.2, 0) is 17.4 Å². The van der Waals surface area contributed by atoms with Crippen LogP contribution in [0.4, 0.5) is 13.2 Å². The number of nitrogens with one attached hydrogen (secondary N) is 2. The van der Waals surface area contributed by atoms with Gasteiger partial charge < -0.3 is 10.6 Å². The molecule has 2 unspecified atom stereocenters. The average molecular weight is 456 g/mol. The number of alkyl halides is 3. The van der Waals surface area contributed by atoms with Gasteiger partial charge in [0.05, 0.1) is 17.7 Å². The van der Waals surface area contributed by atoms with E-state index in [0.717, 1.165) is 31.6 Å². The maximum atomic E-state index is 12.8. The summed E-state index contributed by atoms with van der Waals surface area (Å²) in [5, 5.41) is 8.52. The van der Waals surface area contributed by atoms with Crippen molar-refractivity contribution >= 4 is 42.1 Å². The summed E-state index contributed by atoms with van der Waals surface area (Å²) in [7, 11) is 0. The Morgan fingerprint density at radius 2 is 2.11 bits per heavy atom. The Morgan fingerprint density at radius 3 is 2.79 bits per heavy atom. The SMILES string of the molecule is CC1CNCCC1NC(=O)Cc1csc(-c2cccc(C(F)(F)F)c2)n1.Cl.Cl. The van der Waals surface area contributed by atoms with E-state index in [1.165, 1.54) is 17.4 Å². The van der Waals surface area contributed by atoms with Crippen molar-refractivity contribution in [2.75, 3.05) is 13.1 Å². The van der Waals surface area contributed by atoms with Crippen molar-refractivity contribution in [1.29, 1.82) is 0 Å². The fraction of sp³-hybridized carbons (Fsp3) is 0.444. The van der Waals surface area contributed by atoms with E-state index in [1.807, 2.05) is 0 Å². The standard InChI is InChI=1S/C18H20F3N3OS.2ClH/c1-11-9-22-6-5-15(11)24-16(25)8-14-10-26-17(23-14)12-3-2-4-13(7-12)18(19,20)21;;/h2-4,7,10-11,15,22H,5-6,8-9H2,1H3,(H,24,25);2*1H. The number of nitrogens with zero attached hydrogens (tertiary/aromatic N) is 1. The van der Waals surface area contributed by atoms with Gasteiger partial charge in [0.25, 0.3) is 0 Å². The fourth-order valence-corrected chi connectivity index (χ4v) is 3.82. The van der Waals surface area contributed by atoms with Crippen molar-refractivity contribution < 1.29 is 18.0 Å². The predicted octanol–water partition coefficient (Wildman–Crippen LogP) is 4.33. The number of halogens is 5. The largest absolute Gasteiger partial charge is 0.416 e. The summed E-state index contributed by atoms with van der Waals surface area (Å²) >= 11 is 1.24. The molecule has 0 spiro atoms. The Hall–Kier alpha value is -1.35. The van der Waals surface area contributed by atoms with E-state index in [9.17, 15) is 18.0 Å². The Balaban J connectivity index is 0.00000196. The van der Waals surface area contributed by atoms with Gasteiger partial charge in [0.2, 0.25) is 5.91 Å². The highest BCUT2D eigenvalue weighted by molar-refractivity contribution is 7.13. The van der Waals surface area contributed by atoms with Gasteiger partial charge in [0, 0.05) is 17.0 Å². The average Bonchev–Trinajstić information content (AvgIpc) is 3.05. The number of hydrogen-bond acceptors (Lipinski definition) is 4. The van der Waals surface area contributed by atoms with Crippen LogP contribution in [0.15, 0.2) is 29.6 Å². The first-order valence-corrected chi connectivity index (χ1v) is 9.33. The second kappa shape index (κ2) is 10.4. The molecular weight excluding hydrogens is 434 g/mol. The summed E-state index contributed by atoms with van der Waals surface area (Å²) in [6.45, 7) is 3.85. The number of piperidine rings is 1. The van der Waals surface area contributed by atoms with Gasteiger partial charge in [0.1, 0.15) is 5.01 Å². The van der Waals surface area contributed by atoms with Crippen LogP contribution in [0.3, 0.4) is 0 Å². The van der Waals surface area contributed by atoms with E-state index in [0.29, 0.717) is 22.2 Å². The molecule has 10 heteroatoms. The second-order valence-corrected chi connectivity index (χ2v) is 7.40. The van der Waals surface area contributed by atoms with Crippen molar-refractivity contribution in [2.24, 2.45) is 5.92 Å². The van der Waals surface area contributed by atoms with Gasteiger partial charge in [-0.2, -0.15) is 13.2 Å². The predicted molar refractivity (Wildman–Crippen MR) is 109 cm³/mol. The molecule has 0 radical (unpaired) electrons. The summed E-state index contributed by atoms with van der Waals surface area (Å²) in [6.07, 6.45) is -3.37. The topological polar surface area (TPSA) is 54.0 Å². The van der Waals surface area contributed by atoms with E-state index in [2.05, 4.69) is 22.5 Å². The number of thiazole rings is 1. The minimum absolute atomic E-state index is 0. The van der Waals surface area contributed by atoms with Crippen LogP contribution >= 0.6 is 36.2 Å². The maximum Gasteiger partial charge on any atom is 0.416 e. The molecule has 28 heavy (non-hydrogen) atoms. The van der Waals surface area contributed by atoms with Crippen LogP contribution in [0.1, 0.15) is 24.6 Å². The molecular formula is C18H22Cl2F3N3OS. The lowest BCUT2D eigenvalue weighted by molar-refractivity contribution is -0.137. The lowest BCUT2D eigenvalue weighted by Gasteiger charge is -2.30. The molecule has 0 saturated carbocycles. The molecule has 156 valence electrons. The van der Waals surface area contributed by atoms with E-state index in [4.69, 9.17) is 0 Å². The van der Waals surface area contributed by atoms with Crippen molar-refractivity contribution in [3.8, 4) is 10.6 Å². The van der Waals surface area contributed by atoms with Crippen LogP contribution in [-0.4, -0.2) is 30.0 Å². The summed E-state index contributed by atoms with van der Waals surface area (Å²) in [4.78, 5) is 16.6. The van der Waals surface area contributed by atoms with Crippen molar-refractivity contribution in [2.45, 2.75) is 32.0 Å². The minimum Gasteiger partial charge on any atom is -0.353 e. The molecule has 2 atom stereocenters.